The largest absolute Gasteiger partial charge is 0.381 e. The molecule has 2 aliphatic heterocycles. The Hall–Kier alpha value is -2.12. The van der Waals surface area contributed by atoms with Crippen LogP contribution in [0.15, 0.2) is 35.1 Å². The second-order valence-corrected chi connectivity index (χ2v) is 7.41. The first-order valence-electron chi connectivity index (χ1n) is 9.38. The van der Waals surface area contributed by atoms with Crippen molar-refractivity contribution < 1.29 is 13.5 Å². The van der Waals surface area contributed by atoms with E-state index in [0.29, 0.717) is 38.5 Å². The minimum absolute atomic E-state index is 0.0501. The van der Waals surface area contributed by atoms with E-state index in [-0.39, 0.29) is 24.4 Å². The summed E-state index contributed by atoms with van der Waals surface area (Å²) in [7, 11) is 0. The third kappa shape index (κ3) is 4.25. The SMILES string of the molecule is O=c1cc(C2CCOC2)nc(-c2ccccc2CN2CCCC(F)(F)C2)[nH]1. The fourth-order valence-corrected chi connectivity index (χ4v) is 3.89. The van der Waals surface area contributed by atoms with Crippen LogP contribution in [-0.4, -0.2) is 47.1 Å². The second-order valence-electron chi connectivity index (χ2n) is 7.41. The van der Waals surface area contributed by atoms with E-state index >= 15 is 0 Å². The monoisotopic (exact) mass is 375 g/mol. The van der Waals surface area contributed by atoms with Crippen molar-refractivity contribution in [2.75, 3.05) is 26.3 Å². The van der Waals surface area contributed by atoms with Gasteiger partial charge in [-0.25, -0.2) is 13.8 Å². The molecule has 0 amide bonds. The molecule has 2 aliphatic rings. The van der Waals surface area contributed by atoms with Crippen molar-refractivity contribution in [1.29, 1.82) is 0 Å². The molecular weight excluding hydrogens is 352 g/mol. The molecule has 1 aromatic carbocycles. The topological polar surface area (TPSA) is 58.2 Å². The third-order valence-electron chi connectivity index (χ3n) is 5.25. The lowest BCUT2D eigenvalue weighted by atomic mass is 10.0. The van der Waals surface area contributed by atoms with Gasteiger partial charge in [0, 0.05) is 37.1 Å². The molecule has 27 heavy (non-hydrogen) atoms. The molecule has 4 rings (SSSR count). The molecular formula is C20H23F2N3O2. The maximum absolute atomic E-state index is 13.7. The number of nitrogens with one attached hydrogen (secondary N) is 1. The van der Waals surface area contributed by atoms with Gasteiger partial charge in [0.2, 0.25) is 0 Å². The normalized spacial score (nSPS) is 22.8. The van der Waals surface area contributed by atoms with E-state index in [1.54, 1.807) is 4.90 Å². The second kappa shape index (κ2) is 7.48. The molecule has 2 saturated heterocycles. The van der Waals surface area contributed by atoms with Crippen LogP contribution in [0.5, 0.6) is 0 Å². The Morgan fingerprint density at radius 2 is 2.19 bits per heavy atom. The van der Waals surface area contributed by atoms with Gasteiger partial charge in [0.1, 0.15) is 5.82 Å². The van der Waals surface area contributed by atoms with Gasteiger partial charge in [-0.05, 0) is 24.9 Å². The molecule has 1 aromatic heterocycles. The number of halogens is 2. The zero-order valence-electron chi connectivity index (χ0n) is 15.1. The van der Waals surface area contributed by atoms with Gasteiger partial charge in [-0.3, -0.25) is 9.69 Å². The molecule has 0 aliphatic carbocycles. The summed E-state index contributed by atoms with van der Waals surface area (Å²) in [5.74, 6) is -2.02. The number of aromatic nitrogens is 2. The van der Waals surface area contributed by atoms with Crippen molar-refractivity contribution in [3.63, 3.8) is 0 Å². The van der Waals surface area contributed by atoms with Gasteiger partial charge >= 0.3 is 0 Å². The highest BCUT2D eigenvalue weighted by molar-refractivity contribution is 5.60. The standard InChI is InChI=1S/C20H23F2N3O2/c21-20(22)7-3-8-25(13-20)11-14-4-1-2-5-16(14)19-23-17(10-18(26)24-19)15-6-9-27-12-15/h1-2,4-5,10,15H,3,6-9,11-13H2,(H,23,24,26). The minimum Gasteiger partial charge on any atom is -0.381 e. The van der Waals surface area contributed by atoms with Gasteiger partial charge in [-0.1, -0.05) is 24.3 Å². The van der Waals surface area contributed by atoms with E-state index in [4.69, 9.17) is 4.74 Å². The quantitative estimate of drug-likeness (QED) is 0.892. The summed E-state index contributed by atoms with van der Waals surface area (Å²) in [4.78, 5) is 21.4. The predicted octanol–water partition coefficient (Wildman–Crippen LogP) is 3.17. The number of hydrogen-bond acceptors (Lipinski definition) is 4. The van der Waals surface area contributed by atoms with Crippen LogP contribution in [0.25, 0.3) is 11.4 Å². The first kappa shape index (κ1) is 18.3. The number of aromatic amines is 1. The molecule has 1 unspecified atom stereocenters. The minimum atomic E-state index is -2.64. The Bertz CT molecular complexity index is 862. The Balaban J connectivity index is 1.64. The van der Waals surface area contributed by atoms with Gasteiger partial charge in [0.25, 0.3) is 11.5 Å². The number of benzene rings is 1. The van der Waals surface area contributed by atoms with E-state index in [9.17, 15) is 13.6 Å². The van der Waals surface area contributed by atoms with Crippen molar-refractivity contribution in [1.82, 2.24) is 14.9 Å². The highest BCUT2D eigenvalue weighted by atomic mass is 19.3. The molecule has 1 atom stereocenters. The molecule has 3 heterocycles. The lowest BCUT2D eigenvalue weighted by molar-refractivity contribution is -0.0660. The average Bonchev–Trinajstić information content (AvgIpc) is 3.15. The number of likely N-dealkylation sites (tertiary alicyclic amines) is 1. The molecule has 0 bridgehead atoms. The molecule has 0 saturated carbocycles. The number of alkyl halides is 2. The number of nitrogens with zero attached hydrogens (tertiary/aromatic N) is 2. The number of piperidine rings is 1. The van der Waals surface area contributed by atoms with E-state index in [1.165, 1.54) is 6.07 Å². The summed E-state index contributed by atoms with van der Waals surface area (Å²) in [6.45, 7) is 2.07. The van der Waals surface area contributed by atoms with Crippen LogP contribution in [0.3, 0.4) is 0 Å². The van der Waals surface area contributed by atoms with Crippen molar-refractivity contribution in [2.24, 2.45) is 0 Å². The highest BCUT2D eigenvalue weighted by Gasteiger charge is 2.35. The first-order chi connectivity index (χ1) is 13.0. The third-order valence-corrected chi connectivity index (χ3v) is 5.25. The lowest BCUT2D eigenvalue weighted by Gasteiger charge is -2.32. The predicted molar refractivity (Wildman–Crippen MR) is 97.9 cm³/mol. The molecule has 2 fully saturated rings. The summed E-state index contributed by atoms with van der Waals surface area (Å²) in [6, 6.07) is 9.07. The maximum Gasteiger partial charge on any atom is 0.260 e. The Morgan fingerprint density at radius 3 is 2.96 bits per heavy atom. The van der Waals surface area contributed by atoms with Crippen molar-refractivity contribution in [2.45, 2.75) is 37.6 Å². The van der Waals surface area contributed by atoms with Crippen LogP contribution in [-0.2, 0) is 11.3 Å². The van der Waals surface area contributed by atoms with Gasteiger partial charge in [0.15, 0.2) is 0 Å². The van der Waals surface area contributed by atoms with Gasteiger partial charge in [0.05, 0.1) is 18.8 Å². The number of hydrogen-bond donors (Lipinski definition) is 1. The number of rotatable bonds is 4. The molecule has 7 heteroatoms. The van der Waals surface area contributed by atoms with Crippen molar-refractivity contribution >= 4 is 0 Å². The number of ether oxygens (including phenoxy) is 1. The Labute approximate surface area is 156 Å². The molecule has 1 N–H and O–H groups in total. The van der Waals surface area contributed by atoms with Crippen molar-refractivity contribution in [3.8, 4) is 11.4 Å². The first-order valence-corrected chi connectivity index (χ1v) is 9.38. The molecule has 2 aromatic rings. The van der Waals surface area contributed by atoms with E-state index in [0.717, 1.165) is 23.2 Å². The fourth-order valence-electron chi connectivity index (χ4n) is 3.89. The zero-order chi connectivity index (χ0) is 18.9. The maximum atomic E-state index is 13.7. The zero-order valence-corrected chi connectivity index (χ0v) is 15.1. The molecule has 144 valence electrons. The fraction of sp³-hybridized carbons (Fsp3) is 0.500. The molecule has 0 radical (unpaired) electrons. The smallest absolute Gasteiger partial charge is 0.260 e. The van der Waals surface area contributed by atoms with Crippen LogP contribution in [0, 0.1) is 0 Å². The summed E-state index contributed by atoms with van der Waals surface area (Å²) in [5.41, 5.74) is 2.19. The van der Waals surface area contributed by atoms with E-state index < -0.39 is 5.92 Å². The van der Waals surface area contributed by atoms with Gasteiger partial charge in [-0.15, -0.1) is 0 Å². The van der Waals surface area contributed by atoms with Crippen LogP contribution in [0.2, 0.25) is 0 Å². The van der Waals surface area contributed by atoms with E-state index in [2.05, 4.69) is 9.97 Å². The highest BCUT2D eigenvalue weighted by Crippen LogP contribution is 2.30. The van der Waals surface area contributed by atoms with Crippen LogP contribution in [0.4, 0.5) is 8.78 Å². The van der Waals surface area contributed by atoms with Gasteiger partial charge in [-0.2, -0.15) is 0 Å². The van der Waals surface area contributed by atoms with Crippen LogP contribution >= 0.6 is 0 Å². The summed E-state index contributed by atoms with van der Waals surface area (Å²) in [5, 5.41) is 0. The summed E-state index contributed by atoms with van der Waals surface area (Å²) >= 11 is 0. The lowest BCUT2D eigenvalue weighted by Crippen LogP contribution is -2.42. The van der Waals surface area contributed by atoms with Gasteiger partial charge < -0.3 is 9.72 Å². The average molecular weight is 375 g/mol. The van der Waals surface area contributed by atoms with E-state index in [1.807, 2.05) is 24.3 Å². The number of H-pyrrole nitrogens is 1. The summed E-state index contributed by atoms with van der Waals surface area (Å²) in [6.07, 6.45) is 1.29. The van der Waals surface area contributed by atoms with Crippen molar-refractivity contribution in [3.05, 3.63) is 51.9 Å². The Kier molecular flexibility index (Phi) is 5.06. The van der Waals surface area contributed by atoms with Crippen LogP contribution in [0.1, 0.15) is 36.4 Å². The van der Waals surface area contributed by atoms with Crippen LogP contribution < -0.4 is 5.56 Å². The summed E-state index contributed by atoms with van der Waals surface area (Å²) < 4.78 is 32.9. The molecule has 0 spiro atoms. The molecule has 5 nitrogen and oxygen atoms in total. The Morgan fingerprint density at radius 1 is 1.33 bits per heavy atom.